The molecule has 1 aromatic carbocycles. The molecule has 0 unspecified atom stereocenters. The number of alkyl halides is 1. The molecule has 0 N–H and O–H groups in total. The molecule has 0 bridgehead atoms. The zero-order chi connectivity index (χ0) is 17.1. The van der Waals surface area contributed by atoms with Gasteiger partial charge in [0.1, 0.15) is 11.6 Å². The Balaban J connectivity index is 1.81. The molecule has 0 saturated heterocycles. The van der Waals surface area contributed by atoms with Crippen molar-refractivity contribution in [3.8, 4) is 0 Å². The Hall–Kier alpha value is -1.88. The maximum absolute atomic E-state index is 12.3. The van der Waals surface area contributed by atoms with Crippen LogP contribution in [0.15, 0.2) is 18.3 Å². The summed E-state index contributed by atoms with van der Waals surface area (Å²) in [7, 11) is 0. The van der Waals surface area contributed by atoms with Gasteiger partial charge in [-0.15, -0.1) is 16.7 Å². The van der Waals surface area contributed by atoms with Crippen molar-refractivity contribution in [2.75, 3.05) is 5.88 Å². The highest BCUT2D eigenvalue weighted by molar-refractivity contribution is 6.27. The minimum atomic E-state index is -0.0809. The van der Waals surface area contributed by atoms with Crippen LogP contribution in [-0.4, -0.2) is 31.7 Å². The molecular weight excluding hydrogens is 324 g/mol. The summed E-state index contributed by atoms with van der Waals surface area (Å²) in [5.74, 6) is -0.103. The molecule has 1 aromatic heterocycles. The van der Waals surface area contributed by atoms with Crippen molar-refractivity contribution < 1.29 is 4.79 Å². The van der Waals surface area contributed by atoms with Gasteiger partial charge in [-0.25, -0.2) is 0 Å². The zero-order valence-corrected chi connectivity index (χ0v) is 15.0. The second kappa shape index (κ2) is 7.34. The van der Waals surface area contributed by atoms with Crippen molar-refractivity contribution in [1.29, 1.82) is 0 Å². The van der Waals surface area contributed by atoms with Gasteiger partial charge in [-0.3, -0.25) is 9.48 Å². The number of halogens is 1. The Bertz CT molecular complexity index is 741. The van der Waals surface area contributed by atoms with Gasteiger partial charge in [-0.05, 0) is 55.4 Å². The molecule has 0 radical (unpaired) electrons. The van der Waals surface area contributed by atoms with Crippen LogP contribution < -0.4 is 0 Å². The van der Waals surface area contributed by atoms with E-state index in [0.29, 0.717) is 13.1 Å². The van der Waals surface area contributed by atoms with Crippen LogP contribution in [0, 0.1) is 6.92 Å². The van der Waals surface area contributed by atoms with Crippen LogP contribution in [0.3, 0.4) is 0 Å². The van der Waals surface area contributed by atoms with E-state index < -0.39 is 0 Å². The highest BCUT2D eigenvalue weighted by atomic mass is 35.5. The average Bonchev–Trinajstić information content (AvgIpc) is 3.25. The Morgan fingerprint density at radius 3 is 2.88 bits per heavy atom. The third kappa shape index (κ3) is 3.46. The minimum absolute atomic E-state index is 0.0219. The number of benzene rings is 1. The standard InChI is InChI=1S/C18H23ClN4O/c1-3-23-12-16(20-21-23)11-22(18(24)9-19)10-15-8-7-14-5-4-6-17(14)13(15)2/h7-8,12H,3-6,9-11H2,1-2H3. The molecule has 2 aromatic rings. The van der Waals surface area contributed by atoms with Crippen LogP contribution in [0.2, 0.25) is 0 Å². The van der Waals surface area contributed by atoms with Gasteiger partial charge >= 0.3 is 0 Å². The topological polar surface area (TPSA) is 51.0 Å². The predicted molar refractivity (Wildman–Crippen MR) is 93.9 cm³/mol. The Labute approximate surface area is 147 Å². The van der Waals surface area contributed by atoms with Crippen molar-refractivity contribution in [1.82, 2.24) is 19.9 Å². The molecule has 0 saturated carbocycles. The van der Waals surface area contributed by atoms with E-state index in [9.17, 15) is 4.79 Å². The normalized spacial score (nSPS) is 13.1. The number of carbonyl (C=O) groups excluding carboxylic acids is 1. The summed E-state index contributed by atoms with van der Waals surface area (Å²) >= 11 is 5.81. The van der Waals surface area contributed by atoms with Crippen molar-refractivity contribution in [3.05, 3.63) is 46.3 Å². The summed E-state index contributed by atoms with van der Waals surface area (Å²) in [6, 6.07) is 4.36. The fourth-order valence-electron chi connectivity index (χ4n) is 3.35. The van der Waals surface area contributed by atoms with Crippen LogP contribution in [0.5, 0.6) is 0 Å². The van der Waals surface area contributed by atoms with Gasteiger partial charge in [-0.2, -0.15) is 0 Å². The number of hydrogen-bond donors (Lipinski definition) is 0. The van der Waals surface area contributed by atoms with E-state index in [2.05, 4.69) is 29.4 Å². The largest absolute Gasteiger partial charge is 0.331 e. The molecule has 0 fully saturated rings. The maximum Gasteiger partial charge on any atom is 0.238 e. The summed E-state index contributed by atoms with van der Waals surface area (Å²) in [6.45, 7) is 5.93. The van der Waals surface area contributed by atoms with Gasteiger partial charge in [0.15, 0.2) is 0 Å². The van der Waals surface area contributed by atoms with Gasteiger partial charge in [0, 0.05) is 13.1 Å². The van der Waals surface area contributed by atoms with E-state index >= 15 is 0 Å². The predicted octanol–water partition coefficient (Wildman–Crippen LogP) is 2.86. The third-order valence-corrected chi connectivity index (χ3v) is 5.00. The number of amides is 1. The molecule has 1 aliphatic rings. The van der Waals surface area contributed by atoms with Crippen LogP contribution in [-0.2, 0) is 37.3 Å². The second-order valence-corrected chi connectivity index (χ2v) is 6.56. The van der Waals surface area contributed by atoms with E-state index in [1.54, 1.807) is 9.58 Å². The molecule has 128 valence electrons. The highest BCUT2D eigenvalue weighted by Crippen LogP contribution is 2.28. The van der Waals surface area contributed by atoms with Gasteiger partial charge in [0.25, 0.3) is 0 Å². The minimum Gasteiger partial charge on any atom is -0.331 e. The molecule has 0 aliphatic heterocycles. The summed E-state index contributed by atoms with van der Waals surface area (Å²) in [6.07, 6.45) is 5.42. The van der Waals surface area contributed by atoms with Crippen LogP contribution in [0.4, 0.5) is 0 Å². The van der Waals surface area contributed by atoms with Crippen molar-refractivity contribution in [2.24, 2.45) is 0 Å². The first-order chi connectivity index (χ1) is 11.6. The molecule has 0 spiro atoms. The van der Waals surface area contributed by atoms with Crippen molar-refractivity contribution in [3.63, 3.8) is 0 Å². The zero-order valence-electron chi connectivity index (χ0n) is 14.3. The lowest BCUT2D eigenvalue weighted by molar-refractivity contribution is -0.129. The molecule has 1 heterocycles. The number of carbonyl (C=O) groups is 1. The smallest absolute Gasteiger partial charge is 0.238 e. The van der Waals surface area contributed by atoms with Gasteiger partial charge in [-0.1, -0.05) is 17.3 Å². The average molecular weight is 347 g/mol. The molecule has 6 heteroatoms. The lowest BCUT2D eigenvalue weighted by Crippen LogP contribution is -2.31. The Morgan fingerprint density at radius 1 is 1.33 bits per heavy atom. The fourth-order valence-corrected chi connectivity index (χ4v) is 3.52. The van der Waals surface area contributed by atoms with Crippen LogP contribution in [0.25, 0.3) is 0 Å². The molecule has 1 amide bonds. The molecular formula is C18H23ClN4O. The second-order valence-electron chi connectivity index (χ2n) is 6.29. The molecule has 24 heavy (non-hydrogen) atoms. The number of fused-ring (bicyclic) bond motifs is 1. The summed E-state index contributed by atoms with van der Waals surface area (Å²) in [4.78, 5) is 14.0. The van der Waals surface area contributed by atoms with Crippen LogP contribution in [0.1, 0.15) is 41.3 Å². The first-order valence-corrected chi connectivity index (χ1v) is 8.98. The highest BCUT2D eigenvalue weighted by Gasteiger charge is 2.19. The van der Waals surface area contributed by atoms with Gasteiger partial charge in [0.05, 0.1) is 12.7 Å². The quantitative estimate of drug-likeness (QED) is 0.756. The van der Waals surface area contributed by atoms with Crippen LogP contribution >= 0.6 is 11.6 Å². The van der Waals surface area contributed by atoms with Gasteiger partial charge in [0.2, 0.25) is 5.91 Å². The molecule has 5 nitrogen and oxygen atoms in total. The van der Waals surface area contributed by atoms with Gasteiger partial charge < -0.3 is 4.90 Å². The fraction of sp³-hybridized carbons (Fsp3) is 0.500. The van der Waals surface area contributed by atoms with E-state index in [-0.39, 0.29) is 11.8 Å². The first-order valence-electron chi connectivity index (χ1n) is 8.45. The molecule has 1 aliphatic carbocycles. The lowest BCUT2D eigenvalue weighted by atomic mass is 9.98. The lowest BCUT2D eigenvalue weighted by Gasteiger charge is -2.22. The summed E-state index contributed by atoms with van der Waals surface area (Å²) < 4.78 is 1.76. The van der Waals surface area contributed by atoms with Crippen molar-refractivity contribution in [2.45, 2.75) is 52.7 Å². The van der Waals surface area contributed by atoms with E-state index in [1.165, 1.54) is 35.1 Å². The number of nitrogens with zero attached hydrogens (tertiary/aromatic N) is 4. The number of aromatic nitrogens is 3. The monoisotopic (exact) mass is 346 g/mol. The maximum atomic E-state index is 12.3. The first kappa shape index (κ1) is 17.0. The van der Waals surface area contributed by atoms with E-state index in [0.717, 1.165) is 18.7 Å². The molecule has 0 atom stereocenters. The van der Waals surface area contributed by atoms with Crippen molar-refractivity contribution >= 4 is 17.5 Å². The number of rotatable bonds is 6. The number of hydrogen-bond acceptors (Lipinski definition) is 3. The SMILES string of the molecule is CCn1cc(CN(Cc2ccc3c(c2C)CCC3)C(=O)CCl)nn1. The van der Waals surface area contributed by atoms with E-state index in [4.69, 9.17) is 11.6 Å². The Kier molecular flexibility index (Phi) is 5.19. The third-order valence-electron chi connectivity index (χ3n) is 4.77. The summed E-state index contributed by atoms with van der Waals surface area (Å²) in [5.41, 5.74) is 6.21. The number of aryl methyl sites for hydroxylation is 2. The Morgan fingerprint density at radius 2 is 2.17 bits per heavy atom. The summed E-state index contributed by atoms with van der Waals surface area (Å²) in [5, 5.41) is 8.18. The van der Waals surface area contributed by atoms with E-state index in [1.807, 2.05) is 13.1 Å². The molecule has 3 rings (SSSR count).